The molecule has 0 aliphatic heterocycles. The summed E-state index contributed by atoms with van der Waals surface area (Å²) in [4.78, 5) is 22.5. The number of carbonyl (C=O) groups is 1. The lowest BCUT2D eigenvalue weighted by atomic mass is 10.1. The first-order chi connectivity index (χ1) is 14.6. The predicted molar refractivity (Wildman–Crippen MR) is 116 cm³/mol. The molecule has 0 radical (unpaired) electrons. The molecule has 3 N–H and O–H groups in total. The summed E-state index contributed by atoms with van der Waals surface area (Å²) >= 11 is 0. The highest BCUT2D eigenvalue weighted by molar-refractivity contribution is 7.92. The van der Waals surface area contributed by atoms with Crippen LogP contribution in [0.25, 0.3) is 0 Å². The molecule has 9 nitrogen and oxygen atoms in total. The van der Waals surface area contributed by atoms with E-state index in [9.17, 15) is 28.4 Å². The first-order valence-electron chi connectivity index (χ1n) is 9.06. The predicted octanol–water partition coefficient (Wildman–Crippen LogP) is 3.97. The Morgan fingerprint density at radius 3 is 2.29 bits per heavy atom. The lowest BCUT2D eigenvalue weighted by Gasteiger charge is -2.10. The van der Waals surface area contributed by atoms with E-state index in [0.717, 1.165) is 11.6 Å². The number of carbonyl (C=O) groups excluding carboxylic acids is 1. The number of sulfonamides is 1. The maximum atomic E-state index is 12.6. The molecule has 10 heteroatoms. The van der Waals surface area contributed by atoms with E-state index in [1.54, 1.807) is 19.1 Å². The molecule has 3 rings (SSSR count). The zero-order valence-electron chi connectivity index (χ0n) is 16.6. The fourth-order valence-electron chi connectivity index (χ4n) is 2.80. The molecule has 0 saturated carbocycles. The Balaban J connectivity index is 1.76. The number of aryl methyl sites for hydroxylation is 2. The number of rotatable bonds is 6. The third-order valence-corrected chi connectivity index (χ3v) is 5.87. The quantitative estimate of drug-likeness (QED) is 0.300. The number of hydrogen-bond acceptors (Lipinski definition) is 6. The minimum atomic E-state index is -4.07. The Kier molecular flexibility index (Phi) is 5.93. The molecular weight excluding hydrogens is 422 g/mol. The van der Waals surface area contributed by atoms with E-state index in [2.05, 4.69) is 10.0 Å². The number of nitro benzene ring substituents is 1. The van der Waals surface area contributed by atoms with Gasteiger partial charge < -0.3 is 10.4 Å². The lowest BCUT2D eigenvalue weighted by molar-refractivity contribution is -0.385. The van der Waals surface area contributed by atoms with Crippen molar-refractivity contribution in [3.63, 3.8) is 0 Å². The second-order valence-corrected chi connectivity index (χ2v) is 8.55. The average molecular weight is 441 g/mol. The molecule has 3 aromatic rings. The molecule has 0 spiro atoms. The summed E-state index contributed by atoms with van der Waals surface area (Å²) in [5.41, 5.74) is 1.56. The van der Waals surface area contributed by atoms with Gasteiger partial charge in [0.2, 0.25) is 0 Å². The molecule has 1 amide bonds. The van der Waals surface area contributed by atoms with Gasteiger partial charge in [0.1, 0.15) is 5.75 Å². The van der Waals surface area contributed by atoms with Crippen LogP contribution < -0.4 is 10.0 Å². The van der Waals surface area contributed by atoms with Crippen LogP contribution in [0, 0.1) is 24.0 Å². The van der Waals surface area contributed by atoms with E-state index in [1.807, 2.05) is 0 Å². The Morgan fingerprint density at radius 2 is 1.68 bits per heavy atom. The maximum Gasteiger partial charge on any atom is 0.273 e. The van der Waals surface area contributed by atoms with Gasteiger partial charge in [-0.25, -0.2) is 8.42 Å². The number of nitrogens with zero attached hydrogens (tertiary/aromatic N) is 1. The normalized spacial score (nSPS) is 11.0. The number of phenolic OH excluding ortho intramolecular Hbond substituents is 1. The lowest BCUT2D eigenvalue weighted by Crippen LogP contribution is -2.14. The highest BCUT2D eigenvalue weighted by Gasteiger charge is 2.20. The molecule has 0 unspecified atom stereocenters. The zero-order chi connectivity index (χ0) is 22.8. The summed E-state index contributed by atoms with van der Waals surface area (Å²) in [6.45, 7) is 3.32. The van der Waals surface area contributed by atoms with Crippen LogP contribution in [0.3, 0.4) is 0 Å². The first-order valence-corrected chi connectivity index (χ1v) is 10.5. The number of nitrogens with one attached hydrogen (secondary N) is 2. The van der Waals surface area contributed by atoms with Gasteiger partial charge in [0, 0.05) is 22.9 Å². The number of nitro groups is 1. The van der Waals surface area contributed by atoms with Gasteiger partial charge in [0.15, 0.2) is 0 Å². The number of anilines is 2. The number of hydrogen-bond donors (Lipinski definition) is 3. The maximum absolute atomic E-state index is 12.6. The molecule has 31 heavy (non-hydrogen) atoms. The van der Waals surface area contributed by atoms with Crippen molar-refractivity contribution < 1.29 is 23.2 Å². The van der Waals surface area contributed by atoms with Gasteiger partial charge in [-0.2, -0.15) is 0 Å². The van der Waals surface area contributed by atoms with Gasteiger partial charge in [0.25, 0.3) is 21.6 Å². The Bertz CT molecular complexity index is 1270. The Labute approximate surface area is 178 Å². The largest absolute Gasteiger partial charge is 0.506 e. The van der Waals surface area contributed by atoms with Crippen molar-refractivity contribution >= 4 is 33.0 Å². The van der Waals surface area contributed by atoms with Gasteiger partial charge in [0.05, 0.1) is 15.5 Å². The van der Waals surface area contributed by atoms with Crippen molar-refractivity contribution in [3.8, 4) is 5.75 Å². The zero-order valence-corrected chi connectivity index (χ0v) is 17.4. The molecule has 0 aliphatic rings. The van der Waals surface area contributed by atoms with Gasteiger partial charge >= 0.3 is 0 Å². The molecule has 3 aromatic carbocycles. The average Bonchev–Trinajstić information content (AvgIpc) is 2.70. The number of phenols is 1. The van der Waals surface area contributed by atoms with Crippen LogP contribution in [-0.2, 0) is 10.0 Å². The van der Waals surface area contributed by atoms with Crippen LogP contribution in [0.4, 0.5) is 17.1 Å². The fourth-order valence-corrected chi connectivity index (χ4v) is 3.88. The van der Waals surface area contributed by atoms with Crippen molar-refractivity contribution in [2.24, 2.45) is 0 Å². The number of aromatic hydroxyl groups is 1. The van der Waals surface area contributed by atoms with Crippen LogP contribution in [0.5, 0.6) is 5.75 Å². The summed E-state index contributed by atoms with van der Waals surface area (Å²) in [6.07, 6.45) is 0. The van der Waals surface area contributed by atoms with Crippen LogP contribution in [0.2, 0.25) is 0 Å². The minimum Gasteiger partial charge on any atom is -0.506 e. The molecule has 0 aromatic heterocycles. The van der Waals surface area contributed by atoms with Gasteiger partial charge in [-0.1, -0.05) is 12.1 Å². The highest BCUT2D eigenvalue weighted by Crippen LogP contribution is 2.26. The Morgan fingerprint density at radius 1 is 1.00 bits per heavy atom. The molecule has 0 bridgehead atoms. The van der Waals surface area contributed by atoms with Crippen LogP contribution in [0.1, 0.15) is 21.5 Å². The molecule has 160 valence electrons. The van der Waals surface area contributed by atoms with Crippen LogP contribution in [0.15, 0.2) is 65.6 Å². The van der Waals surface area contributed by atoms with E-state index < -0.39 is 20.9 Å². The highest BCUT2D eigenvalue weighted by atomic mass is 32.2. The first kappa shape index (κ1) is 21.8. The second-order valence-electron chi connectivity index (χ2n) is 6.86. The van der Waals surface area contributed by atoms with Crippen molar-refractivity contribution in [1.82, 2.24) is 0 Å². The Hall–Kier alpha value is -3.92. The number of benzene rings is 3. The van der Waals surface area contributed by atoms with E-state index in [0.29, 0.717) is 5.56 Å². The smallest absolute Gasteiger partial charge is 0.273 e. The third kappa shape index (κ3) is 4.98. The summed E-state index contributed by atoms with van der Waals surface area (Å²) in [7, 11) is -4.07. The van der Waals surface area contributed by atoms with Crippen molar-refractivity contribution in [2.45, 2.75) is 18.7 Å². The van der Waals surface area contributed by atoms with Gasteiger partial charge in [-0.05, 0) is 61.9 Å². The van der Waals surface area contributed by atoms with Crippen LogP contribution >= 0.6 is 0 Å². The summed E-state index contributed by atoms with van der Waals surface area (Å²) in [6, 6.07) is 14.1. The molecule has 0 atom stereocenters. The molecule has 0 heterocycles. The SMILES string of the molecule is Cc1ccc(NC(=O)c2ccc(NS(=O)(=O)c3ccc(C)c([N+](=O)[O-])c3)cc2)c(O)c1. The van der Waals surface area contributed by atoms with Crippen LogP contribution in [-0.4, -0.2) is 24.4 Å². The van der Waals surface area contributed by atoms with E-state index in [1.165, 1.54) is 49.4 Å². The summed E-state index contributed by atoms with van der Waals surface area (Å²) < 4.78 is 27.5. The van der Waals surface area contributed by atoms with Gasteiger partial charge in [-0.15, -0.1) is 0 Å². The summed E-state index contributed by atoms with van der Waals surface area (Å²) in [5, 5.41) is 23.5. The molecular formula is C21H19N3O6S. The third-order valence-electron chi connectivity index (χ3n) is 4.49. The standard InChI is InChI=1S/C21H19N3O6S/c1-13-3-10-18(20(25)11-13)22-21(26)15-5-7-16(8-6-15)23-31(29,30)17-9-4-14(2)19(12-17)24(27)28/h3-12,23,25H,1-2H3,(H,22,26). The van der Waals surface area contributed by atoms with Crippen molar-refractivity contribution in [3.05, 3.63) is 87.5 Å². The molecule has 0 saturated heterocycles. The monoisotopic (exact) mass is 441 g/mol. The van der Waals surface area contributed by atoms with E-state index in [4.69, 9.17) is 0 Å². The topological polar surface area (TPSA) is 139 Å². The van der Waals surface area contributed by atoms with Crippen molar-refractivity contribution in [1.29, 1.82) is 0 Å². The van der Waals surface area contributed by atoms with E-state index in [-0.39, 0.29) is 33.3 Å². The molecule has 0 fully saturated rings. The summed E-state index contributed by atoms with van der Waals surface area (Å²) in [5.74, 6) is -0.548. The number of amides is 1. The fraction of sp³-hybridized carbons (Fsp3) is 0.0952. The second kappa shape index (κ2) is 8.44. The van der Waals surface area contributed by atoms with Crippen molar-refractivity contribution in [2.75, 3.05) is 10.0 Å². The van der Waals surface area contributed by atoms with E-state index >= 15 is 0 Å². The molecule has 0 aliphatic carbocycles. The minimum absolute atomic E-state index is 0.0649. The van der Waals surface area contributed by atoms with Gasteiger partial charge in [-0.3, -0.25) is 19.6 Å².